The first-order valence-corrected chi connectivity index (χ1v) is 9.68. The Bertz CT molecular complexity index is 851. The monoisotopic (exact) mass is 382 g/mol. The van der Waals surface area contributed by atoms with Crippen molar-refractivity contribution in [3.63, 3.8) is 0 Å². The Morgan fingerprint density at radius 2 is 1.76 bits per heavy atom. The van der Waals surface area contributed by atoms with Crippen LogP contribution in [0, 0.1) is 0 Å². The van der Waals surface area contributed by atoms with E-state index in [1.165, 1.54) is 18.2 Å². The largest absolute Gasteiger partial charge is 0.380 e. The van der Waals surface area contributed by atoms with Crippen LogP contribution in [0.15, 0.2) is 42.5 Å². The minimum absolute atomic E-state index is 0.167. The number of hydrogen-bond donors (Lipinski definition) is 2. The number of rotatable bonds is 7. The van der Waals surface area contributed by atoms with Crippen LogP contribution < -0.4 is 10.0 Å². The fraction of sp³-hybridized carbons (Fsp3) is 0.235. The van der Waals surface area contributed by atoms with Crippen molar-refractivity contribution in [3.8, 4) is 0 Å². The van der Waals surface area contributed by atoms with Crippen LogP contribution >= 0.6 is 11.6 Å². The van der Waals surface area contributed by atoms with Crippen LogP contribution in [0.2, 0.25) is 5.02 Å². The zero-order chi connectivity index (χ0) is 18.4. The van der Waals surface area contributed by atoms with E-state index < -0.39 is 10.0 Å². The third-order valence-electron chi connectivity index (χ3n) is 3.31. The molecule has 0 atom stereocenters. The first-order valence-electron chi connectivity index (χ1n) is 7.41. The molecule has 0 spiro atoms. The molecule has 0 aromatic heterocycles. The number of amides is 1. The maximum atomic E-state index is 12.3. The number of sulfonamides is 1. The first-order chi connectivity index (χ1) is 11.8. The van der Waals surface area contributed by atoms with E-state index >= 15 is 0 Å². The Morgan fingerprint density at radius 3 is 2.36 bits per heavy atom. The van der Waals surface area contributed by atoms with Crippen LogP contribution in [0.1, 0.15) is 21.5 Å². The fourth-order valence-electron chi connectivity index (χ4n) is 2.15. The maximum Gasteiger partial charge on any atom is 0.251 e. The van der Waals surface area contributed by atoms with Gasteiger partial charge in [0.1, 0.15) is 0 Å². The van der Waals surface area contributed by atoms with E-state index in [1.54, 1.807) is 7.11 Å². The predicted molar refractivity (Wildman–Crippen MR) is 98.2 cm³/mol. The lowest BCUT2D eigenvalue weighted by Crippen LogP contribution is -2.23. The molecule has 0 saturated heterocycles. The molecule has 8 heteroatoms. The molecule has 0 aliphatic carbocycles. The molecule has 0 aliphatic heterocycles. The summed E-state index contributed by atoms with van der Waals surface area (Å²) >= 11 is 5.95. The van der Waals surface area contributed by atoms with Crippen LogP contribution in [-0.2, 0) is 27.9 Å². The van der Waals surface area contributed by atoms with Gasteiger partial charge in [-0.15, -0.1) is 0 Å². The molecule has 0 aliphatic rings. The summed E-state index contributed by atoms with van der Waals surface area (Å²) in [5.41, 5.74) is 2.47. The van der Waals surface area contributed by atoms with E-state index in [2.05, 4.69) is 10.0 Å². The van der Waals surface area contributed by atoms with E-state index in [-0.39, 0.29) is 16.6 Å². The average Bonchev–Trinajstić information content (AvgIpc) is 2.55. The summed E-state index contributed by atoms with van der Waals surface area (Å²) in [5.74, 6) is -0.325. The second-order valence-electron chi connectivity index (χ2n) is 5.50. The van der Waals surface area contributed by atoms with Gasteiger partial charge in [-0.1, -0.05) is 35.9 Å². The summed E-state index contributed by atoms with van der Waals surface area (Å²) in [5, 5.41) is 3.00. The minimum Gasteiger partial charge on any atom is -0.380 e. The van der Waals surface area contributed by atoms with E-state index in [9.17, 15) is 13.2 Å². The van der Waals surface area contributed by atoms with Gasteiger partial charge in [-0.2, -0.15) is 0 Å². The van der Waals surface area contributed by atoms with Gasteiger partial charge >= 0.3 is 0 Å². The third-order valence-corrected chi connectivity index (χ3v) is 4.23. The molecule has 2 aromatic carbocycles. The van der Waals surface area contributed by atoms with Gasteiger partial charge in [0.25, 0.3) is 5.91 Å². The van der Waals surface area contributed by atoms with Gasteiger partial charge in [-0.05, 0) is 29.3 Å². The number of ether oxygens (including phenoxy) is 1. The number of nitrogens with one attached hydrogen (secondary N) is 2. The molecule has 134 valence electrons. The number of carbonyl (C=O) groups excluding carboxylic acids is 1. The number of anilines is 1. The Balaban J connectivity index is 2.04. The Hall–Kier alpha value is -2.09. The molecule has 25 heavy (non-hydrogen) atoms. The first kappa shape index (κ1) is 19.2. The van der Waals surface area contributed by atoms with E-state index in [1.807, 2.05) is 24.3 Å². The highest BCUT2D eigenvalue weighted by molar-refractivity contribution is 7.92. The van der Waals surface area contributed by atoms with E-state index in [0.29, 0.717) is 18.7 Å². The highest BCUT2D eigenvalue weighted by Crippen LogP contribution is 2.24. The third kappa shape index (κ3) is 6.04. The van der Waals surface area contributed by atoms with Crippen LogP contribution in [-0.4, -0.2) is 27.7 Å². The fourth-order valence-corrected chi connectivity index (χ4v) is 2.94. The zero-order valence-corrected chi connectivity index (χ0v) is 15.4. The van der Waals surface area contributed by atoms with Crippen molar-refractivity contribution in [1.82, 2.24) is 5.32 Å². The number of benzene rings is 2. The molecule has 0 saturated carbocycles. The summed E-state index contributed by atoms with van der Waals surface area (Å²) < 4.78 is 30.0. The molecule has 2 aromatic rings. The average molecular weight is 383 g/mol. The smallest absolute Gasteiger partial charge is 0.251 e. The molecule has 0 bridgehead atoms. The maximum absolute atomic E-state index is 12.3. The lowest BCUT2D eigenvalue weighted by molar-refractivity contribution is 0.0951. The quantitative estimate of drug-likeness (QED) is 0.771. The zero-order valence-electron chi connectivity index (χ0n) is 13.9. The summed E-state index contributed by atoms with van der Waals surface area (Å²) in [6.45, 7) is 0.886. The van der Waals surface area contributed by atoms with Crippen molar-refractivity contribution >= 4 is 33.2 Å². The molecule has 0 unspecified atom stereocenters. The lowest BCUT2D eigenvalue weighted by Gasteiger charge is -2.10. The highest BCUT2D eigenvalue weighted by Gasteiger charge is 2.11. The molecular weight excluding hydrogens is 364 g/mol. The number of methoxy groups -OCH3 is 1. The summed E-state index contributed by atoms with van der Waals surface area (Å²) in [4.78, 5) is 12.3. The van der Waals surface area contributed by atoms with Crippen LogP contribution in [0.3, 0.4) is 0 Å². The molecule has 2 N–H and O–H groups in total. The van der Waals surface area contributed by atoms with Gasteiger partial charge in [0.05, 0.1) is 23.6 Å². The van der Waals surface area contributed by atoms with Crippen molar-refractivity contribution in [2.45, 2.75) is 13.2 Å². The number of halogens is 1. The van der Waals surface area contributed by atoms with Gasteiger partial charge in [-0.3, -0.25) is 9.52 Å². The van der Waals surface area contributed by atoms with Gasteiger partial charge < -0.3 is 10.1 Å². The van der Waals surface area contributed by atoms with Gasteiger partial charge in [0, 0.05) is 19.2 Å². The van der Waals surface area contributed by atoms with Crippen LogP contribution in [0.25, 0.3) is 0 Å². The molecule has 0 heterocycles. The van der Waals surface area contributed by atoms with Crippen molar-refractivity contribution in [2.24, 2.45) is 0 Å². The number of carbonyl (C=O) groups is 1. The van der Waals surface area contributed by atoms with E-state index in [4.69, 9.17) is 16.3 Å². The molecule has 2 rings (SSSR count). The second kappa shape index (κ2) is 8.33. The molecule has 0 fully saturated rings. The van der Waals surface area contributed by atoms with Crippen LogP contribution in [0.4, 0.5) is 5.69 Å². The second-order valence-corrected chi connectivity index (χ2v) is 7.66. The van der Waals surface area contributed by atoms with Crippen molar-refractivity contribution in [1.29, 1.82) is 0 Å². The van der Waals surface area contributed by atoms with Crippen LogP contribution in [0.5, 0.6) is 0 Å². The molecule has 6 nitrogen and oxygen atoms in total. The summed E-state index contributed by atoms with van der Waals surface area (Å²) in [6.07, 6.45) is 1.02. The Morgan fingerprint density at radius 1 is 1.12 bits per heavy atom. The van der Waals surface area contributed by atoms with Gasteiger partial charge in [0.2, 0.25) is 10.0 Å². The van der Waals surface area contributed by atoms with Crippen molar-refractivity contribution in [2.75, 3.05) is 18.1 Å². The molecule has 1 amide bonds. The van der Waals surface area contributed by atoms with Crippen molar-refractivity contribution < 1.29 is 17.9 Å². The molecule has 0 radical (unpaired) electrons. The van der Waals surface area contributed by atoms with Crippen molar-refractivity contribution in [3.05, 3.63) is 64.2 Å². The van der Waals surface area contributed by atoms with Gasteiger partial charge in [-0.25, -0.2) is 8.42 Å². The normalized spacial score (nSPS) is 11.2. The SMILES string of the molecule is COCc1ccc(CNC(=O)c2ccc(Cl)c(NS(C)(=O)=O)c2)cc1. The molecular formula is C17H19ClN2O4S. The summed E-state index contributed by atoms with van der Waals surface area (Å²) in [7, 11) is -1.85. The standard InChI is InChI=1S/C17H19ClN2O4S/c1-24-11-13-5-3-12(4-6-13)10-19-17(21)14-7-8-15(18)16(9-14)20-25(2,22)23/h3-9,20H,10-11H2,1-2H3,(H,19,21). The summed E-state index contributed by atoms with van der Waals surface area (Å²) in [6, 6.07) is 12.1. The van der Waals surface area contributed by atoms with Gasteiger partial charge in [0.15, 0.2) is 0 Å². The highest BCUT2D eigenvalue weighted by atomic mass is 35.5. The minimum atomic E-state index is -3.48. The topological polar surface area (TPSA) is 84.5 Å². The van der Waals surface area contributed by atoms with E-state index in [0.717, 1.165) is 17.4 Å². The predicted octanol–water partition coefficient (Wildman–Crippen LogP) is 2.79. The Kier molecular flexibility index (Phi) is 6.41. The number of hydrogen-bond acceptors (Lipinski definition) is 4. The lowest BCUT2D eigenvalue weighted by atomic mass is 10.1. The Labute approximate surface area is 152 Å².